The van der Waals surface area contributed by atoms with Crippen molar-refractivity contribution >= 4 is 17.7 Å². The van der Waals surface area contributed by atoms with Gasteiger partial charge < -0.3 is 9.88 Å². The lowest BCUT2D eigenvalue weighted by molar-refractivity contribution is -0.126. The molecule has 4 aliphatic rings. The van der Waals surface area contributed by atoms with Crippen LogP contribution in [-0.2, 0) is 11.3 Å². The molecule has 0 unspecified atom stereocenters. The van der Waals surface area contributed by atoms with Crippen LogP contribution in [-0.4, -0.2) is 36.4 Å². The highest BCUT2D eigenvalue weighted by atomic mass is 32.2. The molecule has 0 spiro atoms. The molecule has 0 aromatic carbocycles. The van der Waals surface area contributed by atoms with Gasteiger partial charge in [0.1, 0.15) is 0 Å². The maximum Gasteiger partial charge on any atom is 0.233 e. The molecule has 2 heterocycles. The molecule has 1 atom stereocenters. The molecular formula is C23H31N5OS. The second-order valence-electron chi connectivity index (χ2n) is 9.64. The van der Waals surface area contributed by atoms with Crippen LogP contribution in [0.2, 0.25) is 0 Å². The van der Waals surface area contributed by atoms with Crippen molar-refractivity contribution in [2.45, 2.75) is 81.3 Å². The fourth-order valence-corrected chi connectivity index (χ4v) is 7.23. The highest BCUT2D eigenvalue weighted by molar-refractivity contribution is 8.00. The van der Waals surface area contributed by atoms with E-state index in [1.807, 2.05) is 19.1 Å². The smallest absolute Gasteiger partial charge is 0.233 e. The van der Waals surface area contributed by atoms with Crippen LogP contribution in [0.1, 0.15) is 58.8 Å². The van der Waals surface area contributed by atoms with Gasteiger partial charge >= 0.3 is 0 Å². The van der Waals surface area contributed by atoms with Gasteiger partial charge in [0.05, 0.1) is 5.25 Å². The van der Waals surface area contributed by atoms with E-state index in [2.05, 4.69) is 32.0 Å². The molecule has 4 aliphatic carbocycles. The van der Waals surface area contributed by atoms with Crippen molar-refractivity contribution in [2.75, 3.05) is 0 Å². The monoisotopic (exact) mass is 425 g/mol. The summed E-state index contributed by atoms with van der Waals surface area (Å²) in [6, 6.07) is 3.90. The minimum Gasteiger partial charge on any atom is -0.350 e. The van der Waals surface area contributed by atoms with Crippen LogP contribution in [0.4, 0.5) is 0 Å². The number of hydrogen-bond donors (Lipinski definition) is 1. The van der Waals surface area contributed by atoms with Gasteiger partial charge in [-0.25, -0.2) is 0 Å². The summed E-state index contributed by atoms with van der Waals surface area (Å²) < 4.78 is 2.13. The molecule has 7 heteroatoms. The van der Waals surface area contributed by atoms with Crippen LogP contribution < -0.4 is 5.32 Å². The summed E-state index contributed by atoms with van der Waals surface area (Å²) >= 11 is 1.52. The second kappa shape index (κ2) is 7.98. The summed E-state index contributed by atoms with van der Waals surface area (Å²) in [5.41, 5.74) is 1.06. The average Bonchev–Trinajstić information content (AvgIpc) is 3.10. The standard InChI is InChI=1S/C23H31N5OS/c1-3-8-28-20(19-4-6-24-7-5-19)26-27-22(28)30-15(2)21(29)25-23-12-16-9-17(13-23)11-18(10-16)14-23/h4-7,15-18H,3,8-14H2,1-2H3,(H,25,29)/t15-,16?,17?,18?,23?/m0/s1. The van der Waals surface area contributed by atoms with E-state index in [1.54, 1.807) is 12.4 Å². The molecule has 1 amide bonds. The minimum atomic E-state index is -0.192. The second-order valence-corrected chi connectivity index (χ2v) is 10.9. The van der Waals surface area contributed by atoms with Crippen LogP contribution in [0.5, 0.6) is 0 Å². The first-order valence-corrected chi connectivity index (χ1v) is 12.3. The van der Waals surface area contributed by atoms with E-state index in [1.165, 1.54) is 50.3 Å². The molecule has 4 bridgehead atoms. The first-order valence-electron chi connectivity index (χ1n) is 11.4. The third kappa shape index (κ3) is 3.77. The first-order chi connectivity index (χ1) is 14.5. The van der Waals surface area contributed by atoms with Gasteiger partial charge in [-0.2, -0.15) is 0 Å². The predicted octanol–water partition coefficient (Wildman–Crippen LogP) is 4.32. The Balaban J connectivity index is 1.30. The summed E-state index contributed by atoms with van der Waals surface area (Å²) in [4.78, 5) is 17.3. The van der Waals surface area contributed by atoms with Gasteiger partial charge in [-0.15, -0.1) is 10.2 Å². The number of pyridine rings is 1. The number of nitrogens with zero attached hydrogens (tertiary/aromatic N) is 4. The molecule has 160 valence electrons. The lowest BCUT2D eigenvalue weighted by atomic mass is 9.53. The number of hydrogen-bond acceptors (Lipinski definition) is 5. The molecule has 4 fully saturated rings. The van der Waals surface area contributed by atoms with Crippen LogP contribution >= 0.6 is 11.8 Å². The minimum absolute atomic E-state index is 0.0555. The number of amides is 1. The highest BCUT2D eigenvalue weighted by Gasteiger charge is 2.51. The van der Waals surface area contributed by atoms with Crippen LogP contribution in [0.15, 0.2) is 29.7 Å². The van der Waals surface area contributed by atoms with Crippen LogP contribution in [0.3, 0.4) is 0 Å². The van der Waals surface area contributed by atoms with Gasteiger partial charge in [-0.1, -0.05) is 18.7 Å². The highest BCUT2D eigenvalue weighted by Crippen LogP contribution is 2.55. The van der Waals surface area contributed by atoms with Crippen molar-refractivity contribution in [2.24, 2.45) is 17.8 Å². The van der Waals surface area contributed by atoms with Crippen molar-refractivity contribution in [3.63, 3.8) is 0 Å². The molecule has 0 saturated heterocycles. The third-order valence-electron chi connectivity index (χ3n) is 7.18. The van der Waals surface area contributed by atoms with Crippen LogP contribution in [0, 0.1) is 17.8 Å². The van der Waals surface area contributed by atoms with Crippen molar-refractivity contribution in [3.05, 3.63) is 24.5 Å². The van der Waals surface area contributed by atoms with Gasteiger partial charge in [0.2, 0.25) is 5.91 Å². The average molecular weight is 426 g/mol. The summed E-state index contributed by atoms with van der Waals surface area (Å²) in [5.74, 6) is 3.48. The van der Waals surface area contributed by atoms with Crippen molar-refractivity contribution in [1.82, 2.24) is 25.1 Å². The van der Waals surface area contributed by atoms with Crippen molar-refractivity contribution in [1.29, 1.82) is 0 Å². The van der Waals surface area contributed by atoms with Gasteiger partial charge in [0.25, 0.3) is 0 Å². The van der Waals surface area contributed by atoms with Gasteiger partial charge in [-0.3, -0.25) is 9.78 Å². The Bertz CT molecular complexity index is 876. The molecule has 6 rings (SSSR count). The number of carbonyl (C=O) groups excluding carboxylic acids is 1. The number of carbonyl (C=O) groups is 1. The van der Waals surface area contributed by atoms with Gasteiger partial charge in [-0.05, 0) is 81.8 Å². The van der Waals surface area contributed by atoms with Gasteiger partial charge in [0.15, 0.2) is 11.0 Å². The molecule has 6 nitrogen and oxygen atoms in total. The largest absolute Gasteiger partial charge is 0.350 e. The molecule has 4 saturated carbocycles. The van der Waals surface area contributed by atoms with E-state index < -0.39 is 0 Å². The Hall–Kier alpha value is -1.89. The summed E-state index contributed by atoms with van der Waals surface area (Å²) in [6.07, 6.45) is 12.2. The summed E-state index contributed by atoms with van der Waals surface area (Å²) in [6.45, 7) is 4.97. The molecule has 1 N–H and O–H groups in total. The Morgan fingerprint density at radius 2 is 1.80 bits per heavy atom. The molecule has 2 aromatic rings. The Labute approximate surface area is 182 Å². The van der Waals surface area contributed by atoms with E-state index in [0.717, 1.165) is 47.3 Å². The topological polar surface area (TPSA) is 72.7 Å². The Morgan fingerprint density at radius 1 is 1.17 bits per heavy atom. The zero-order valence-electron chi connectivity index (χ0n) is 17.9. The number of rotatable bonds is 7. The number of nitrogens with one attached hydrogen (secondary N) is 1. The third-order valence-corrected chi connectivity index (χ3v) is 8.26. The van der Waals surface area contributed by atoms with E-state index in [-0.39, 0.29) is 16.7 Å². The van der Waals surface area contributed by atoms with E-state index in [4.69, 9.17) is 0 Å². The molecule has 2 aromatic heterocycles. The quantitative estimate of drug-likeness (QED) is 0.669. The Kier molecular flexibility index (Phi) is 5.33. The fraction of sp³-hybridized carbons (Fsp3) is 0.652. The SMILES string of the molecule is CCCn1c(S[C@@H](C)C(=O)NC23CC4CC(CC(C4)C2)C3)nnc1-c1ccncc1. The predicted molar refractivity (Wildman–Crippen MR) is 118 cm³/mol. The van der Waals surface area contributed by atoms with E-state index >= 15 is 0 Å². The van der Waals surface area contributed by atoms with Gasteiger partial charge in [0, 0.05) is 30.0 Å². The number of thioether (sulfide) groups is 1. The zero-order valence-corrected chi connectivity index (χ0v) is 18.7. The van der Waals surface area contributed by atoms with Crippen molar-refractivity contribution < 1.29 is 4.79 Å². The molecular weight excluding hydrogens is 394 g/mol. The van der Waals surface area contributed by atoms with E-state index in [9.17, 15) is 4.79 Å². The maximum atomic E-state index is 13.2. The van der Waals surface area contributed by atoms with Crippen LogP contribution in [0.25, 0.3) is 11.4 Å². The normalized spacial score (nSPS) is 30.4. The molecule has 0 aliphatic heterocycles. The summed E-state index contributed by atoms with van der Waals surface area (Å²) in [5, 5.41) is 13.0. The lowest BCUT2D eigenvalue weighted by Crippen LogP contribution is -2.60. The number of aromatic nitrogens is 4. The molecule has 30 heavy (non-hydrogen) atoms. The zero-order chi connectivity index (χ0) is 20.7. The first kappa shape index (κ1) is 20.0. The Morgan fingerprint density at radius 3 is 2.40 bits per heavy atom. The summed E-state index contributed by atoms with van der Waals surface area (Å²) in [7, 11) is 0. The lowest BCUT2D eigenvalue weighted by Gasteiger charge is -2.57. The van der Waals surface area contributed by atoms with Crippen molar-refractivity contribution in [3.8, 4) is 11.4 Å². The molecule has 0 radical (unpaired) electrons. The maximum absolute atomic E-state index is 13.2. The fourth-order valence-electron chi connectivity index (χ4n) is 6.35. The van der Waals surface area contributed by atoms with E-state index in [0.29, 0.717) is 0 Å².